The summed E-state index contributed by atoms with van der Waals surface area (Å²) >= 11 is 6.01. The highest BCUT2D eigenvalue weighted by atomic mass is 35.5. The maximum atomic E-state index is 14.0. The molecular weight excluding hydrogens is 535 g/mol. The Balaban J connectivity index is 1.68. The molecule has 0 aliphatic heterocycles. The summed E-state index contributed by atoms with van der Waals surface area (Å²) in [6, 6.07) is 17.3. The SMILES string of the molecule is COc1cc(-c2cc(F)cc(Cl)c2)c(C#N)cc1-n1c(=O)ccc2cc(S(=O)(=O)Nc3ccon3)ccc21. The number of rotatable bonds is 6. The van der Waals surface area contributed by atoms with E-state index in [9.17, 15) is 22.9 Å². The molecule has 9 nitrogen and oxygen atoms in total. The Morgan fingerprint density at radius 3 is 2.61 bits per heavy atom. The molecule has 2 aromatic heterocycles. The second-order valence-corrected chi connectivity index (χ2v) is 10.2. The molecule has 2 heterocycles. The molecule has 0 unspecified atom stereocenters. The van der Waals surface area contributed by atoms with Gasteiger partial charge in [0.2, 0.25) is 0 Å². The van der Waals surface area contributed by atoms with E-state index < -0.39 is 21.4 Å². The van der Waals surface area contributed by atoms with E-state index in [1.807, 2.05) is 0 Å². The maximum Gasteiger partial charge on any atom is 0.263 e. The van der Waals surface area contributed by atoms with Crippen molar-refractivity contribution in [2.45, 2.75) is 4.90 Å². The number of fused-ring (bicyclic) bond motifs is 1. The van der Waals surface area contributed by atoms with E-state index in [1.165, 1.54) is 78.6 Å². The average molecular weight is 551 g/mol. The van der Waals surface area contributed by atoms with E-state index in [2.05, 4.69) is 20.5 Å². The van der Waals surface area contributed by atoms with Crippen molar-refractivity contribution in [2.75, 3.05) is 11.8 Å². The van der Waals surface area contributed by atoms with Gasteiger partial charge in [0.15, 0.2) is 5.82 Å². The van der Waals surface area contributed by atoms with Crippen LogP contribution in [0.1, 0.15) is 5.56 Å². The molecule has 12 heteroatoms. The normalized spacial score (nSPS) is 11.3. The van der Waals surface area contributed by atoms with Crippen LogP contribution in [-0.2, 0) is 10.0 Å². The molecule has 0 saturated heterocycles. The number of nitrogens with one attached hydrogen (secondary N) is 1. The molecule has 0 aliphatic carbocycles. The van der Waals surface area contributed by atoms with E-state index in [0.717, 1.165) is 6.07 Å². The van der Waals surface area contributed by atoms with Crippen LogP contribution in [0.4, 0.5) is 10.2 Å². The first-order valence-electron chi connectivity index (χ1n) is 10.9. The molecule has 1 N–H and O–H groups in total. The summed E-state index contributed by atoms with van der Waals surface area (Å²) in [6.45, 7) is 0. The molecule has 0 radical (unpaired) electrons. The van der Waals surface area contributed by atoms with Crippen LogP contribution >= 0.6 is 11.6 Å². The monoisotopic (exact) mass is 550 g/mol. The van der Waals surface area contributed by atoms with Crippen LogP contribution in [0.3, 0.4) is 0 Å². The second kappa shape index (κ2) is 9.66. The molecule has 0 aliphatic rings. The predicted molar refractivity (Wildman–Crippen MR) is 139 cm³/mol. The van der Waals surface area contributed by atoms with Gasteiger partial charge in [-0.05, 0) is 60.2 Å². The number of sulfonamides is 1. The lowest BCUT2D eigenvalue weighted by atomic mass is 9.98. The van der Waals surface area contributed by atoms with Gasteiger partial charge in [0.05, 0.1) is 34.8 Å². The Labute approximate surface area is 220 Å². The molecule has 5 aromatic rings. The Hall–Kier alpha value is -4.66. The highest BCUT2D eigenvalue weighted by Gasteiger charge is 2.20. The second-order valence-electron chi connectivity index (χ2n) is 8.06. The summed E-state index contributed by atoms with van der Waals surface area (Å²) in [5.74, 6) is -0.338. The first-order valence-corrected chi connectivity index (χ1v) is 12.7. The van der Waals surface area contributed by atoms with Crippen LogP contribution in [0.25, 0.3) is 27.7 Å². The van der Waals surface area contributed by atoms with E-state index in [4.69, 9.17) is 16.3 Å². The number of nitriles is 1. The zero-order valence-corrected chi connectivity index (χ0v) is 21.0. The number of benzene rings is 3. The average Bonchev–Trinajstić information content (AvgIpc) is 3.39. The third kappa shape index (κ3) is 4.58. The number of ether oxygens (including phenoxy) is 1. The van der Waals surface area contributed by atoms with Crippen molar-refractivity contribution < 1.29 is 22.1 Å². The van der Waals surface area contributed by atoms with E-state index in [1.54, 1.807) is 0 Å². The summed E-state index contributed by atoms with van der Waals surface area (Å²) in [5, 5.41) is 14.0. The number of aromatic nitrogens is 2. The van der Waals surface area contributed by atoms with Gasteiger partial charge in [-0.2, -0.15) is 5.26 Å². The van der Waals surface area contributed by atoms with Crippen LogP contribution in [-0.4, -0.2) is 25.3 Å². The van der Waals surface area contributed by atoms with Gasteiger partial charge in [-0.15, -0.1) is 0 Å². The summed E-state index contributed by atoms with van der Waals surface area (Å²) in [7, 11) is -2.61. The van der Waals surface area contributed by atoms with Crippen LogP contribution in [0.5, 0.6) is 5.75 Å². The third-order valence-electron chi connectivity index (χ3n) is 5.71. The number of pyridine rings is 1. The smallest absolute Gasteiger partial charge is 0.263 e. The molecule has 0 saturated carbocycles. The molecule has 0 fully saturated rings. The largest absolute Gasteiger partial charge is 0.495 e. The minimum atomic E-state index is -4.00. The number of anilines is 1. The summed E-state index contributed by atoms with van der Waals surface area (Å²) in [6.07, 6.45) is 1.23. The number of hydrogen-bond acceptors (Lipinski definition) is 7. The molecule has 0 spiro atoms. The molecule has 5 rings (SSSR count). The lowest BCUT2D eigenvalue weighted by Crippen LogP contribution is -2.19. The fourth-order valence-corrected chi connectivity index (χ4v) is 5.30. The van der Waals surface area contributed by atoms with Crippen LogP contribution < -0.4 is 15.0 Å². The quantitative estimate of drug-likeness (QED) is 0.311. The molecular formula is C26H16ClFN4O5S. The molecule has 0 bridgehead atoms. The van der Waals surface area contributed by atoms with Crippen LogP contribution in [0.15, 0.2) is 87.2 Å². The van der Waals surface area contributed by atoms with Crippen molar-refractivity contribution in [2.24, 2.45) is 0 Å². The van der Waals surface area contributed by atoms with Crippen molar-refractivity contribution >= 4 is 38.3 Å². The minimum absolute atomic E-state index is 0.0171. The number of nitrogens with zero attached hydrogens (tertiary/aromatic N) is 3. The summed E-state index contributed by atoms with van der Waals surface area (Å²) < 4.78 is 53.5. The first kappa shape index (κ1) is 25.0. The predicted octanol–water partition coefficient (Wildman–Crippen LogP) is 5.12. The Kier molecular flexibility index (Phi) is 6.36. The van der Waals surface area contributed by atoms with Gasteiger partial charge in [0.1, 0.15) is 17.8 Å². The minimum Gasteiger partial charge on any atom is -0.495 e. The van der Waals surface area contributed by atoms with Crippen molar-refractivity contribution in [3.8, 4) is 28.6 Å². The van der Waals surface area contributed by atoms with Gasteiger partial charge < -0.3 is 9.26 Å². The van der Waals surface area contributed by atoms with Crippen molar-refractivity contribution in [3.05, 3.63) is 99.8 Å². The fraction of sp³-hybridized carbons (Fsp3) is 0.0385. The first-order chi connectivity index (χ1) is 18.2. The van der Waals surface area contributed by atoms with E-state index in [-0.39, 0.29) is 32.7 Å². The zero-order chi connectivity index (χ0) is 27.0. The summed E-state index contributed by atoms with van der Waals surface area (Å²) in [5.41, 5.74) is 1.01. The molecule has 38 heavy (non-hydrogen) atoms. The van der Waals surface area contributed by atoms with E-state index >= 15 is 0 Å². The van der Waals surface area contributed by atoms with Crippen molar-refractivity contribution in [1.82, 2.24) is 9.72 Å². The van der Waals surface area contributed by atoms with Crippen molar-refractivity contribution in [3.63, 3.8) is 0 Å². The third-order valence-corrected chi connectivity index (χ3v) is 7.28. The standard InChI is InChI=1S/C26H16ClFN4O5S/c1-36-24-13-21(16-8-18(27)12-19(28)9-16)17(14-29)11-23(24)32-22-4-3-20(10-15(22)2-5-26(32)33)38(34,35)31-25-6-7-37-30-25/h2-13H,1H3,(H,30,31). The summed E-state index contributed by atoms with van der Waals surface area (Å²) in [4.78, 5) is 13.0. The van der Waals surface area contributed by atoms with Gasteiger partial charge in [0, 0.05) is 28.1 Å². The van der Waals surface area contributed by atoms with Crippen molar-refractivity contribution in [1.29, 1.82) is 5.26 Å². The Bertz CT molecular complexity index is 1900. The van der Waals surface area contributed by atoms with Gasteiger partial charge in [-0.1, -0.05) is 16.8 Å². The van der Waals surface area contributed by atoms with Gasteiger partial charge in [-0.3, -0.25) is 14.1 Å². The maximum absolute atomic E-state index is 14.0. The molecule has 3 aromatic carbocycles. The highest BCUT2D eigenvalue weighted by molar-refractivity contribution is 7.92. The topological polar surface area (TPSA) is 127 Å². The van der Waals surface area contributed by atoms with Crippen LogP contribution in [0.2, 0.25) is 5.02 Å². The Morgan fingerprint density at radius 1 is 1.11 bits per heavy atom. The van der Waals surface area contributed by atoms with Gasteiger partial charge >= 0.3 is 0 Å². The molecule has 190 valence electrons. The fourth-order valence-electron chi connectivity index (χ4n) is 4.05. The zero-order valence-electron chi connectivity index (χ0n) is 19.5. The Morgan fingerprint density at radius 2 is 1.92 bits per heavy atom. The number of hydrogen-bond donors (Lipinski definition) is 1. The molecule has 0 amide bonds. The lowest BCUT2D eigenvalue weighted by Gasteiger charge is -2.17. The number of halogens is 2. The molecule has 0 atom stereocenters. The van der Waals surface area contributed by atoms with Crippen LogP contribution in [0, 0.1) is 17.1 Å². The van der Waals surface area contributed by atoms with Gasteiger partial charge in [0.25, 0.3) is 15.6 Å². The lowest BCUT2D eigenvalue weighted by molar-refractivity contribution is 0.413. The van der Waals surface area contributed by atoms with E-state index in [0.29, 0.717) is 22.0 Å². The van der Waals surface area contributed by atoms with Gasteiger partial charge in [-0.25, -0.2) is 12.8 Å². The highest BCUT2D eigenvalue weighted by Crippen LogP contribution is 2.35. The number of methoxy groups -OCH3 is 1.